The van der Waals surface area contributed by atoms with Crippen molar-refractivity contribution in [3.8, 4) is 5.75 Å². The van der Waals surface area contributed by atoms with Crippen molar-refractivity contribution in [1.29, 1.82) is 0 Å². The fourth-order valence-corrected chi connectivity index (χ4v) is 3.72. The molecule has 2 heterocycles. The molecule has 1 aromatic carbocycles. The number of halogens is 2. The number of carbonyl (C=O) groups is 1. The van der Waals surface area contributed by atoms with E-state index in [0.29, 0.717) is 11.3 Å². The number of aromatic nitrogens is 1. The Hall–Kier alpha value is -1.11. The molecule has 4 nitrogen and oxygen atoms in total. The lowest BCUT2D eigenvalue weighted by molar-refractivity contribution is 0.0954. The molecule has 0 fully saturated rings. The Balaban J connectivity index is 2.09. The molecular formula is C15H14Br2N2O2. The molecule has 0 amide bonds. The first kappa shape index (κ1) is 14.8. The Morgan fingerprint density at radius 1 is 1.38 bits per heavy atom. The lowest BCUT2D eigenvalue weighted by atomic mass is 10.1. The topological polar surface area (TPSA) is 43.3 Å². The van der Waals surface area contributed by atoms with Crippen molar-refractivity contribution < 1.29 is 9.53 Å². The summed E-state index contributed by atoms with van der Waals surface area (Å²) in [6.07, 6.45) is 0.829. The zero-order valence-corrected chi connectivity index (χ0v) is 14.6. The van der Waals surface area contributed by atoms with Gasteiger partial charge in [-0.2, -0.15) is 0 Å². The van der Waals surface area contributed by atoms with Crippen LogP contribution in [0, 0.1) is 0 Å². The normalized spacial score (nSPS) is 13.9. The van der Waals surface area contributed by atoms with E-state index in [0.717, 1.165) is 39.8 Å². The van der Waals surface area contributed by atoms with Gasteiger partial charge in [0, 0.05) is 36.3 Å². The van der Waals surface area contributed by atoms with Crippen LogP contribution in [0.2, 0.25) is 0 Å². The number of nitrogens with zero attached hydrogens (tertiary/aromatic N) is 1. The average molecular weight is 414 g/mol. The largest absolute Gasteiger partial charge is 0.497 e. The molecule has 1 aliphatic heterocycles. The highest BCUT2D eigenvalue weighted by Gasteiger charge is 2.26. The number of methoxy groups -OCH3 is 1. The SMILES string of the molecule is COc1cccc(C(=O)n2c(Br)c(Br)c3c2CCNC3)c1. The van der Waals surface area contributed by atoms with Crippen LogP contribution in [0.25, 0.3) is 0 Å². The van der Waals surface area contributed by atoms with Gasteiger partial charge in [-0.15, -0.1) is 0 Å². The van der Waals surface area contributed by atoms with Gasteiger partial charge in [0.05, 0.1) is 11.6 Å². The smallest absolute Gasteiger partial charge is 0.263 e. The Bertz CT molecular complexity index is 710. The van der Waals surface area contributed by atoms with Crippen LogP contribution in [-0.4, -0.2) is 24.1 Å². The maximum absolute atomic E-state index is 12.9. The summed E-state index contributed by atoms with van der Waals surface area (Å²) in [4.78, 5) is 12.9. The number of rotatable bonds is 2. The van der Waals surface area contributed by atoms with Crippen LogP contribution in [0.15, 0.2) is 33.3 Å². The molecule has 0 saturated carbocycles. The molecular weight excluding hydrogens is 400 g/mol. The number of ether oxygens (including phenoxy) is 1. The summed E-state index contributed by atoms with van der Waals surface area (Å²) in [5.74, 6) is 0.628. The van der Waals surface area contributed by atoms with Gasteiger partial charge >= 0.3 is 0 Å². The molecule has 1 aliphatic rings. The van der Waals surface area contributed by atoms with Crippen LogP contribution >= 0.6 is 31.9 Å². The van der Waals surface area contributed by atoms with Crippen LogP contribution in [-0.2, 0) is 13.0 Å². The predicted octanol–water partition coefficient (Wildman–Crippen LogP) is 3.36. The second-order valence-electron chi connectivity index (χ2n) is 4.83. The predicted molar refractivity (Wildman–Crippen MR) is 88.0 cm³/mol. The number of hydrogen-bond donors (Lipinski definition) is 1. The van der Waals surface area contributed by atoms with E-state index in [9.17, 15) is 4.79 Å². The highest BCUT2D eigenvalue weighted by atomic mass is 79.9. The van der Waals surface area contributed by atoms with Gasteiger partial charge in [0.1, 0.15) is 10.4 Å². The zero-order chi connectivity index (χ0) is 15.0. The van der Waals surface area contributed by atoms with E-state index in [1.165, 1.54) is 0 Å². The molecule has 110 valence electrons. The van der Waals surface area contributed by atoms with E-state index in [1.807, 2.05) is 12.1 Å². The first-order valence-corrected chi connectivity index (χ1v) is 8.19. The zero-order valence-electron chi connectivity index (χ0n) is 11.5. The lowest BCUT2D eigenvalue weighted by Gasteiger charge is -2.16. The van der Waals surface area contributed by atoms with Gasteiger partial charge < -0.3 is 10.1 Å². The van der Waals surface area contributed by atoms with Crippen molar-refractivity contribution in [3.05, 3.63) is 50.2 Å². The summed E-state index contributed by atoms with van der Waals surface area (Å²) in [5, 5.41) is 3.32. The summed E-state index contributed by atoms with van der Waals surface area (Å²) in [6, 6.07) is 7.22. The van der Waals surface area contributed by atoms with E-state index >= 15 is 0 Å². The van der Waals surface area contributed by atoms with Crippen LogP contribution in [0.3, 0.4) is 0 Å². The van der Waals surface area contributed by atoms with Crippen molar-refractivity contribution in [2.24, 2.45) is 0 Å². The van der Waals surface area contributed by atoms with Crippen LogP contribution in [0.4, 0.5) is 0 Å². The Morgan fingerprint density at radius 2 is 2.19 bits per heavy atom. The molecule has 0 saturated heterocycles. The molecule has 0 spiro atoms. The third-order valence-corrected chi connectivity index (χ3v) is 5.76. The maximum Gasteiger partial charge on any atom is 0.263 e. The molecule has 1 aromatic heterocycles. The minimum absolute atomic E-state index is 0.0513. The number of hydrogen-bond acceptors (Lipinski definition) is 3. The highest BCUT2D eigenvalue weighted by Crippen LogP contribution is 2.35. The molecule has 0 aliphatic carbocycles. The summed E-state index contributed by atoms with van der Waals surface area (Å²) >= 11 is 7.10. The Morgan fingerprint density at radius 3 is 2.95 bits per heavy atom. The molecule has 3 rings (SSSR count). The molecule has 0 radical (unpaired) electrons. The van der Waals surface area contributed by atoms with Crippen molar-refractivity contribution >= 4 is 37.8 Å². The van der Waals surface area contributed by atoms with Crippen LogP contribution < -0.4 is 10.1 Å². The van der Waals surface area contributed by atoms with Gasteiger partial charge in [-0.25, -0.2) is 0 Å². The Kier molecular flexibility index (Phi) is 4.19. The lowest BCUT2D eigenvalue weighted by Crippen LogP contribution is -2.26. The van der Waals surface area contributed by atoms with E-state index in [2.05, 4.69) is 37.2 Å². The number of fused-ring (bicyclic) bond motifs is 1. The van der Waals surface area contributed by atoms with Crippen LogP contribution in [0.5, 0.6) is 5.75 Å². The molecule has 0 bridgehead atoms. The van der Waals surface area contributed by atoms with E-state index in [-0.39, 0.29) is 5.91 Å². The molecule has 1 N–H and O–H groups in total. The molecule has 6 heteroatoms. The molecule has 0 unspecified atom stereocenters. The fraction of sp³-hybridized carbons (Fsp3) is 0.267. The third-order valence-electron chi connectivity index (χ3n) is 3.62. The molecule has 2 aromatic rings. The first-order valence-electron chi connectivity index (χ1n) is 6.60. The van der Waals surface area contributed by atoms with Crippen LogP contribution in [0.1, 0.15) is 21.6 Å². The van der Waals surface area contributed by atoms with E-state index in [4.69, 9.17) is 4.74 Å². The highest BCUT2D eigenvalue weighted by molar-refractivity contribution is 9.13. The summed E-state index contributed by atoms with van der Waals surface area (Å²) in [6.45, 7) is 1.65. The van der Waals surface area contributed by atoms with Gasteiger partial charge in [0.15, 0.2) is 0 Å². The quantitative estimate of drug-likeness (QED) is 0.820. The van der Waals surface area contributed by atoms with Crippen molar-refractivity contribution in [3.63, 3.8) is 0 Å². The fourth-order valence-electron chi connectivity index (χ4n) is 2.56. The van der Waals surface area contributed by atoms with E-state index < -0.39 is 0 Å². The van der Waals surface area contributed by atoms with Crippen molar-refractivity contribution in [2.75, 3.05) is 13.7 Å². The van der Waals surface area contributed by atoms with Crippen molar-refractivity contribution in [1.82, 2.24) is 9.88 Å². The summed E-state index contributed by atoms with van der Waals surface area (Å²) in [5.41, 5.74) is 2.81. The van der Waals surface area contributed by atoms with Gasteiger partial charge in [-0.05, 0) is 50.1 Å². The Labute approximate surface area is 139 Å². The van der Waals surface area contributed by atoms with E-state index in [1.54, 1.807) is 23.8 Å². The average Bonchev–Trinajstić information content (AvgIpc) is 2.79. The minimum atomic E-state index is -0.0513. The summed E-state index contributed by atoms with van der Waals surface area (Å²) < 4.78 is 8.65. The second kappa shape index (κ2) is 5.94. The molecule has 21 heavy (non-hydrogen) atoms. The summed E-state index contributed by atoms with van der Waals surface area (Å²) in [7, 11) is 1.60. The monoisotopic (exact) mass is 412 g/mol. The van der Waals surface area contributed by atoms with Gasteiger partial charge in [-0.1, -0.05) is 6.07 Å². The molecule has 0 atom stereocenters. The van der Waals surface area contributed by atoms with Gasteiger partial charge in [0.2, 0.25) is 0 Å². The standard InChI is InChI=1S/C15H14Br2N2O2/c1-21-10-4-2-3-9(7-10)15(20)19-12-5-6-18-8-11(12)13(16)14(19)17/h2-4,7,18H,5-6,8H2,1H3. The van der Waals surface area contributed by atoms with Gasteiger partial charge in [0.25, 0.3) is 5.91 Å². The van der Waals surface area contributed by atoms with Crippen molar-refractivity contribution in [2.45, 2.75) is 13.0 Å². The van der Waals surface area contributed by atoms with Gasteiger partial charge in [-0.3, -0.25) is 9.36 Å². The first-order chi connectivity index (χ1) is 10.1. The number of carbonyl (C=O) groups excluding carboxylic acids is 1. The second-order valence-corrected chi connectivity index (χ2v) is 6.37. The number of benzene rings is 1. The number of nitrogens with one attached hydrogen (secondary N) is 1. The minimum Gasteiger partial charge on any atom is -0.497 e. The maximum atomic E-state index is 12.9. The third kappa shape index (κ3) is 2.56.